The van der Waals surface area contributed by atoms with Gasteiger partial charge in [0.15, 0.2) is 11.0 Å². The van der Waals surface area contributed by atoms with Gasteiger partial charge >= 0.3 is 0 Å². The molecule has 8 heteroatoms. The van der Waals surface area contributed by atoms with Crippen LogP contribution in [-0.2, 0) is 6.54 Å². The van der Waals surface area contributed by atoms with E-state index in [1.807, 2.05) is 66.9 Å². The molecule has 0 fully saturated rings. The zero-order valence-electron chi connectivity index (χ0n) is 16.4. The summed E-state index contributed by atoms with van der Waals surface area (Å²) in [6.07, 6.45) is -0.636. The van der Waals surface area contributed by atoms with Crippen molar-refractivity contribution >= 4 is 23.4 Å². The van der Waals surface area contributed by atoms with Gasteiger partial charge in [-0.2, -0.15) is 0 Å². The van der Waals surface area contributed by atoms with E-state index in [1.165, 1.54) is 11.8 Å². The number of thioether (sulfide) groups is 1. The minimum Gasteiger partial charge on any atom is -0.494 e. The lowest BCUT2D eigenvalue weighted by Crippen LogP contribution is -2.20. The first-order valence-electron chi connectivity index (χ1n) is 9.46. The van der Waals surface area contributed by atoms with Gasteiger partial charge in [-0.05, 0) is 50.2 Å². The molecule has 0 radical (unpaired) electrons. The summed E-state index contributed by atoms with van der Waals surface area (Å²) in [5.41, 5.74) is 0.915. The molecule has 0 spiro atoms. The van der Waals surface area contributed by atoms with Gasteiger partial charge in [0.05, 0.1) is 12.7 Å². The van der Waals surface area contributed by atoms with Crippen molar-refractivity contribution in [3.8, 4) is 22.9 Å². The number of nitrogens with zero attached hydrogens (tertiary/aromatic N) is 3. The highest BCUT2D eigenvalue weighted by Crippen LogP contribution is 2.26. The Morgan fingerprint density at radius 3 is 2.45 bits per heavy atom. The van der Waals surface area contributed by atoms with Crippen LogP contribution in [-0.4, -0.2) is 44.9 Å². The monoisotopic (exact) mass is 433 g/mol. The summed E-state index contributed by atoms with van der Waals surface area (Å²) >= 11 is 7.54. The zero-order valence-corrected chi connectivity index (χ0v) is 18.0. The second-order valence-electron chi connectivity index (χ2n) is 6.24. The molecule has 1 heterocycles. The zero-order chi connectivity index (χ0) is 20.6. The van der Waals surface area contributed by atoms with E-state index in [2.05, 4.69) is 10.2 Å². The molecule has 0 aliphatic rings. The number of hydrogen-bond donors (Lipinski definition) is 1. The number of aliphatic hydroxyl groups excluding tert-OH is 1. The fraction of sp³-hybridized carbons (Fsp3) is 0.333. The number of aliphatic hydroxyl groups is 1. The minimum atomic E-state index is -0.636. The van der Waals surface area contributed by atoms with Gasteiger partial charge < -0.3 is 19.1 Å². The summed E-state index contributed by atoms with van der Waals surface area (Å²) in [6, 6.07) is 14.9. The lowest BCUT2D eigenvalue weighted by atomic mass is 10.2. The lowest BCUT2D eigenvalue weighted by Gasteiger charge is -2.13. The molecule has 1 aromatic heterocycles. The van der Waals surface area contributed by atoms with Crippen LogP contribution >= 0.6 is 23.4 Å². The number of ether oxygens (including phenoxy) is 2. The Hall–Kier alpha value is -2.22. The first kappa shape index (κ1) is 21.5. The van der Waals surface area contributed by atoms with Gasteiger partial charge in [0.1, 0.15) is 18.1 Å². The molecule has 29 heavy (non-hydrogen) atoms. The number of benzene rings is 2. The third-order valence-corrected chi connectivity index (χ3v) is 5.44. The molecule has 0 saturated carbocycles. The molecule has 0 aliphatic carbocycles. The molecule has 1 atom stereocenters. The van der Waals surface area contributed by atoms with Crippen molar-refractivity contribution in [3.05, 3.63) is 53.6 Å². The van der Waals surface area contributed by atoms with Crippen LogP contribution in [0, 0.1) is 0 Å². The molecule has 3 rings (SSSR count). The van der Waals surface area contributed by atoms with Gasteiger partial charge in [-0.15, -0.1) is 10.2 Å². The van der Waals surface area contributed by atoms with E-state index in [4.69, 9.17) is 21.1 Å². The maximum Gasteiger partial charge on any atom is 0.191 e. The largest absolute Gasteiger partial charge is 0.494 e. The van der Waals surface area contributed by atoms with Crippen LogP contribution in [0.5, 0.6) is 11.5 Å². The van der Waals surface area contributed by atoms with Crippen LogP contribution in [0.4, 0.5) is 0 Å². The Kier molecular flexibility index (Phi) is 7.80. The smallest absolute Gasteiger partial charge is 0.191 e. The van der Waals surface area contributed by atoms with Gasteiger partial charge in [-0.1, -0.05) is 35.5 Å². The van der Waals surface area contributed by atoms with E-state index in [0.29, 0.717) is 23.1 Å². The van der Waals surface area contributed by atoms with Gasteiger partial charge in [-0.25, -0.2) is 0 Å². The number of hydrogen-bond acceptors (Lipinski definition) is 6. The Labute approximate surface area is 179 Å². The molecular formula is C21H24ClN3O3S. The first-order valence-corrected chi connectivity index (χ1v) is 10.8. The highest BCUT2D eigenvalue weighted by atomic mass is 35.5. The fourth-order valence-corrected chi connectivity index (χ4v) is 3.83. The van der Waals surface area contributed by atoms with E-state index in [0.717, 1.165) is 28.8 Å². The molecule has 0 saturated heterocycles. The predicted molar refractivity (Wildman–Crippen MR) is 116 cm³/mol. The average molecular weight is 434 g/mol. The Balaban J connectivity index is 1.55. The second-order valence-corrected chi connectivity index (χ2v) is 7.66. The van der Waals surface area contributed by atoms with Crippen molar-refractivity contribution in [2.45, 2.75) is 31.7 Å². The quantitative estimate of drug-likeness (QED) is 0.473. The molecule has 0 bridgehead atoms. The van der Waals surface area contributed by atoms with E-state index >= 15 is 0 Å². The van der Waals surface area contributed by atoms with Crippen LogP contribution < -0.4 is 9.47 Å². The Morgan fingerprint density at radius 1 is 1.07 bits per heavy atom. The van der Waals surface area contributed by atoms with E-state index in [1.54, 1.807) is 0 Å². The molecular weight excluding hydrogens is 410 g/mol. The number of aromatic nitrogens is 3. The third-order valence-electron chi connectivity index (χ3n) is 4.10. The van der Waals surface area contributed by atoms with Crippen LogP contribution in [0.15, 0.2) is 53.7 Å². The maximum atomic E-state index is 10.3. The highest BCUT2D eigenvalue weighted by Gasteiger charge is 2.15. The highest BCUT2D eigenvalue weighted by molar-refractivity contribution is 7.99. The van der Waals surface area contributed by atoms with Gasteiger partial charge in [-0.3, -0.25) is 0 Å². The van der Waals surface area contributed by atoms with Crippen LogP contribution in [0.25, 0.3) is 11.4 Å². The molecule has 6 nitrogen and oxygen atoms in total. The van der Waals surface area contributed by atoms with Crippen molar-refractivity contribution in [2.24, 2.45) is 0 Å². The summed E-state index contributed by atoms with van der Waals surface area (Å²) in [5, 5.41) is 20.3. The number of rotatable bonds is 10. The van der Waals surface area contributed by atoms with Gasteiger partial charge in [0.2, 0.25) is 0 Å². The predicted octanol–water partition coefficient (Wildman–Crippen LogP) is 4.55. The minimum absolute atomic E-state index is 0.197. The average Bonchev–Trinajstić information content (AvgIpc) is 3.15. The van der Waals surface area contributed by atoms with E-state index < -0.39 is 6.10 Å². The van der Waals surface area contributed by atoms with Crippen molar-refractivity contribution in [1.82, 2.24) is 14.8 Å². The molecule has 3 aromatic rings. The molecule has 2 aromatic carbocycles. The topological polar surface area (TPSA) is 69.4 Å². The summed E-state index contributed by atoms with van der Waals surface area (Å²) in [4.78, 5) is 0. The molecule has 0 amide bonds. The summed E-state index contributed by atoms with van der Waals surface area (Å²) in [7, 11) is 0. The Bertz CT molecular complexity index is 918. The van der Waals surface area contributed by atoms with Gasteiger partial charge in [0.25, 0.3) is 0 Å². The Morgan fingerprint density at radius 2 is 1.79 bits per heavy atom. The molecule has 1 unspecified atom stereocenters. The number of halogens is 1. The first-order chi connectivity index (χ1) is 14.1. The van der Waals surface area contributed by atoms with Gasteiger partial charge in [0, 0.05) is 22.9 Å². The standard InChI is InChI=1S/C21H24ClN3O3S/c1-3-25-20(15-6-5-7-16(22)12-15)23-24-21(25)29-14-17(26)13-28-19-10-8-18(9-11-19)27-4-2/h5-12,17,26H,3-4,13-14H2,1-2H3. The molecule has 1 N–H and O–H groups in total. The summed E-state index contributed by atoms with van der Waals surface area (Å²) < 4.78 is 13.1. The van der Waals surface area contributed by atoms with Crippen molar-refractivity contribution < 1.29 is 14.6 Å². The molecule has 154 valence electrons. The van der Waals surface area contributed by atoms with Crippen molar-refractivity contribution in [3.63, 3.8) is 0 Å². The third kappa shape index (κ3) is 5.88. The lowest BCUT2D eigenvalue weighted by molar-refractivity contribution is 0.126. The second kappa shape index (κ2) is 10.5. The van der Waals surface area contributed by atoms with Crippen LogP contribution in [0.1, 0.15) is 13.8 Å². The van der Waals surface area contributed by atoms with Crippen molar-refractivity contribution in [2.75, 3.05) is 19.0 Å². The molecule has 0 aliphatic heterocycles. The summed E-state index contributed by atoms with van der Waals surface area (Å²) in [5.74, 6) is 2.70. The SMILES string of the molecule is CCOc1ccc(OCC(O)CSc2nnc(-c3cccc(Cl)c3)n2CC)cc1. The van der Waals surface area contributed by atoms with E-state index in [9.17, 15) is 5.11 Å². The fourth-order valence-electron chi connectivity index (χ4n) is 2.73. The maximum absolute atomic E-state index is 10.3. The normalized spacial score (nSPS) is 12.0. The van der Waals surface area contributed by atoms with Crippen LogP contribution in [0.2, 0.25) is 5.02 Å². The van der Waals surface area contributed by atoms with Crippen LogP contribution in [0.3, 0.4) is 0 Å². The van der Waals surface area contributed by atoms with Crippen molar-refractivity contribution in [1.29, 1.82) is 0 Å². The van der Waals surface area contributed by atoms with E-state index in [-0.39, 0.29) is 6.61 Å². The summed E-state index contributed by atoms with van der Waals surface area (Å²) in [6.45, 7) is 5.51.